The highest BCUT2D eigenvalue weighted by Crippen LogP contribution is 2.25. The molecule has 0 saturated carbocycles. The summed E-state index contributed by atoms with van der Waals surface area (Å²) < 4.78 is 13.8. The molecule has 0 N–H and O–H groups in total. The molecule has 1 atom stereocenters. The smallest absolute Gasteiger partial charge is 0.120 e. The minimum atomic E-state index is -0.993. The van der Waals surface area contributed by atoms with Crippen molar-refractivity contribution in [1.82, 2.24) is 4.90 Å². The molecule has 15 heavy (non-hydrogen) atoms. The monoisotopic (exact) mass is 207 g/mol. The zero-order chi connectivity index (χ0) is 10.7. The topological polar surface area (TPSA) is 3.24 Å². The van der Waals surface area contributed by atoms with Crippen LogP contribution in [0.2, 0.25) is 0 Å². The van der Waals surface area contributed by atoms with Crippen LogP contribution in [0.3, 0.4) is 0 Å². The number of rotatable bonds is 2. The number of hydrogen-bond acceptors (Lipinski definition) is 1. The van der Waals surface area contributed by atoms with Crippen molar-refractivity contribution in [3.8, 4) is 0 Å². The van der Waals surface area contributed by atoms with Crippen LogP contribution in [0.15, 0.2) is 30.3 Å². The second-order valence-electron chi connectivity index (χ2n) is 4.71. The summed E-state index contributed by atoms with van der Waals surface area (Å²) in [7, 11) is 0. The van der Waals surface area contributed by atoms with E-state index in [-0.39, 0.29) is 0 Å². The van der Waals surface area contributed by atoms with Crippen molar-refractivity contribution in [1.29, 1.82) is 0 Å². The summed E-state index contributed by atoms with van der Waals surface area (Å²) >= 11 is 0. The maximum absolute atomic E-state index is 13.8. The van der Waals surface area contributed by atoms with Gasteiger partial charge in [0.15, 0.2) is 0 Å². The second-order valence-corrected chi connectivity index (χ2v) is 4.71. The quantitative estimate of drug-likeness (QED) is 0.720. The Balaban J connectivity index is 1.95. The van der Waals surface area contributed by atoms with E-state index in [1.165, 1.54) is 5.56 Å². The van der Waals surface area contributed by atoms with Gasteiger partial charge in [-0.25, -0.2) is 4.39 Å². The lowest BCUT2D eigenvalue weighted by Gasteiger charge is -2.35. The van der Waals surface area contributed by atoms with Gasteiger partial charge in [-0.1, -0.05) is 30.3 Å². The third-order valence-electron chi connectivity index (χ3n) is 2.97. The summed E-state index contributed by atoms with van der Waals surface area (Å²) in [5.74, 6) is 0. The minimum Gasteiger partial charge on any atom is -0.296 e. The van der Waals surface area contributed by atoms with Crippen LogP contribution in [-0.2, 0) is 6.54 Å². The second kappa shape index (κ2) is 4.31. The Morgan fingerprint density at radius 1 is 1.33 bits per heavy atom. The van der Waals surface area contributed by atoms with Gasteiger partial charge in [-0.3, -0.25) is 4.90 Å². The molecule has 0 spiro atoms. The van der Waals surface area contributed by atoms with Crippen LogP contribution in [-0.4, -0.2) is 23.7 Å². The molecule has 2 rings (SSSR count). The van der Waals surface area contributed by atoms with Crippen molar-refractivity contribution in [2.24, 2.45) is 0 Å². The lowest BCUT2D eigenvalue weighted by molar-refractivity contribution is 0.0563. The highest BCUT2D eigenvalue weighted by molar-refractivity contribution is 5.14. The summed E-state index contributed by atoms with van der Waals surface area (Å²) in [6.45, 7) is 4.18. The Bertz CT molecular complexity index is 308. The van der Waals surface area contributed by atoms with Crippen LogP contribution < -0.4 is 0 Å². The van der Waals surface area contributed by atoms with E-state index >= 15 is 0 Å². The molecule has 1 saturated heterocycles. The largest absolute Gasteiger partial charge is 0.296 e. The molecule has 1 heterocycles. The number of nitrogens with zero attached hydrogens (tertiary/aromatic N) is 1. The SMILES string of the molecule is CC1(F)CCCN(Cc2ccccc2)C1. The van der Waals surface area contributed by atoms with Crippen LogP contribution >= 0.6 is 0 Å². The number of halogens is 1. The van der Waals surface area contributed by atoms with Gasteiger partial charge in [-0.05, 0) is 31.9 Å². The van der Waals surface area contributed by atoms with Crippen molar-refractivity contribution < 1.29 is 4.39 Å². The highest BCUT2D eigenvalue weighted by atomic mass is 19.1. The third-order valence-corrected chi connectivity index (χ3v) is 2.97. The molecule has 2 heteroatoms. The number of likely N-dealkylation sites (tertiary alicyclic amines) is 1. The van der Waals surface area contributed by atoms with Crippen molar-refractivity contribution in [2.75, 3.05) is 13.1 Å². The zero-order valence-corrected chi connectivity index (χ0v) is 9.25. The Morgan fingerprint density at radius 2 is 2.07 bits per heavy atom. The fraction of sp³-hybridized carbons (Fsp3) is 0.538. The molecule has 1 aromatic rings. The summed E-state index contributed by atoms with van der Waals surface area (Å²) in [4.78, 5) is 2.21. The first-order valence-corrected chi connectivity index (χ1v) is 5.61. The van der Waals surface area contributed by atoms with Crippen LogP contribution in [0.5, 0.6) is 0 Å². The average molecular weight is 207 g/mol. The Hall–Kier alpha value is -0.890. The van der Waals surface area contributed by atoms with Crippen molar-refractivity contribution in [3.63, 3.8) is 0 Å². The number of hydrogen-bond donors (Lipinski definition) is 0. The Labute approximate surface area is 90.9 Å². The average Bonchev–Trinajstić information content (AvgIpc) is 2.17. The predicted octanol–water partition coefficient (Wildman–Crippen LogP) is 3.01. The van der Waals surface area contributed by atoms with Gasteiger partial charge in [0.1, 0.15) is 5.67 Å². The number of benzene rings is 1. The first kappa shape index (κ1) is 10.6. The highest BCUT2D eigenvalue weighted by Gasteiger charge is 2.30. The molecule has 1 fully saturated rings. The summed E-state index contributed by atoms with van der Waals surface area (Å²) in [5, 5.41) is 0. The molecule has 0 amide bonds. The van der Waals surface area contributed by atoms with E-state index in [0.717, 1.165) is 19.5 Å². The number of piperidine rings is 1. The van der Waals surface area contributed by atoms with E-state index in [0.29, 0.717) is 13.0 Å². The fourth-order valence-corrected chi connectivity index (χ4v) is 2.27. The summed E-state index contributed by atoms with van der Waals surface area (Å²) in [6.07, 6.45) is 1.68. The molecule has 1 aliphatic heterocycles. The van der Waals surface area contributed by atoms with E-state index in [2.05, 4.69) is 17.0 Å². The minimum absolute atomic E-state index is 0.571. The standard InChI is InChI=1S/C13H18FN/c1-13(14)8-5-9-15(11-13)10-12-6-3-2-4-7-12/h2-4,6-7H,5,8-11H2,1H3. The molecule has 1 aromatic carbocycles. The van der Waals surface area contributed by atoms with Crippen molar-refractivity contribution >= 4 is 0 Å². The van der Waals surface area contributed by atoms with Gasteiger partial charge in [0.2, 0.25) is 0 Å². The molecule has 0 radical (unpaired) electrons. The van der Waals surface area contributed by atoms with Crippen LogP contribution in [0.1, 0.15) is 25.3 Å². The van der Waals surface area contributed by atoms with Crippen LogP contribution in [0.4, 0.5) is 4.39 Å². The summed E-state index contributed by atoms with van der Waals surface area (Å²) in [5.41, 5.74) is 0.280. The van der Waals surface area contributed by atoms with E-state index in [9.17, 15) is 4.39 Å². The van der Waals surface area contributed by atoms with Gasteiger partial charge in [-0.2, -0.15) is 0 Å². The molecule has 0 aliphatic carbocycles. The molecule has 1 aliphatic rings. The Morgan fingerprint density at radius 3 is 2.73 bits per heavy atom. The van der Waals surface area contributed by atoms with Gasteiger partial charge in [-0.15, -0.1) is 0 Å². The third kappa shape index (κ3) is 3.03. The normalized spacial score (nSPS) is 27.9. The molecular weight excluding hydrogens is 189 g/mol. The fourth-order valence-electron chi connectivity index (χ4n) is 2.27. The molecule has 0 aromatic heterocycles. The van der Waals surface area contributed by atoms with Crippen LogP contribution in [0, 0.1) is 0 Å². The molecule has 82 valence electrons. The molecule has 1 nitrogen and oxygen atoms in total. The van der Waals surface area contributed by atoms with Gasteiger partial charge in [0.25, 0.3) is 0 Å². The van der Waals surface area contributed by atoms with Crippen molar-refractivity contribution in [2.45, 2.75) is 32.0 Å². The first-order valence-electron chi connectivity index (χ1n) is 5.61. The van der Waals surface area contributed by atoms with Crippen molar-refractivity contribution in [3.05, 3.63) is 35.9 Å². The van der Waals surface area contributed by atoms with E-state index in [1.807, 2.05) is 18.2 Å². The number of alkyl halides is 1. The summed E-state index contributed by atoms with van der Waals surface area (Å²) in [6, 6.07) is 10.3. The zero-order valence-electron chi connectivity index (χ0n) is 9.25. The lowest BCUT2D eigenvalue weighted by atomic mass is 9.96. The molecular formula is C13H18FN. The van der Waals surface area contributed by atoms with Gasteiger partial charge >= 0.3 is 0 Å². The van der Waals surface area contributed by atoms with E-state index in [1.54, 1.807) is 6.92 Å². The first-order chi connectivity index (χ1) is 7.16. The lowest BCUT2D eigenvalue weighted by Crippen LogP contribution is -2.42. The molecule has 0 bridgehead atoms. The van der Waals surface area contributed by atoms with Gasteiger partial charge in [0.05, 0.1) is 0 Å². The van der Waals surface area contributed by atoms with E-state index in [4.69, 9.17) is 0 Å². The van der Waals surface area contributed by atoms with Crippen LogP contribution in [0.25, 0.3) is 0 Å². The maximum atomic E-state index is 13.8. The predicted molar refractivity (Wildman–Crippen MR) is 60.5 cm³/mol. The van der Waals surface area contributed by atoms with Gasteiger partial charge in [0, 0.05) is 13.1 Å². The maximum Gasteiger partial charge on any atom is 0.120 e. The van der Waals surface area contributed by atoms with E-state index < -0.39 is 5.67 Å². The Kier molecular flexibility index (Phi) is 3.06. The van der Waals surface area contributed by atoms with Gasteiger partial charge < -0.3 is 0 Å². The molecule has 1 unspecified atom stereocenters.